The lowest BCUT2D eigenvalue weighted by atomic mass is 9.66. The molecule has 0 aromatic heterocycles. The zero-order valence-corrected chi connectivity index (χ0v) is 30.4. The molecule has 0 aliphatic carbocycles. The van der Waals surface area contributed by atoms with Crippen LogP contribution in [0.5, 0.6) is 11.5 Å². The van der Waals surface area contributed by atoms with Gasteiger partial charge in [0.1, 0.15) is 6.04 Å². The molecular formula is C34H58NO8Si. The smallest absolute Gasteiger partial charge is 0.336 e. The van der Waals surface area contributed by atoms with Crippen LogP contribution in [0.25, 0.3) is 0 Å². The number of carbonyl (C=O) groups excluding carboxylic acids is 1. The van der Waals surface area contributed by atoms with Crippen molar-refractivity contribution in [3.63, 3.8) is 0 Å². The Bertz CT molecular complexity index is 1070. The fourth-order valence-electron chi connectivity index (χ4n) is 5.75. The summed E-state index contributed by atoms with van der Waals surface area (Å²) in [5, 5.41) is 10.5. The first-order chi connectivity index (χ1) is 20.3. The van der Waals surface area contributed by atoms with Gasteiger partial charge in [0.25, 0.3) is 0 Å². The minimum absolute atomic E-state index is 0.150. The van der Waals surface area contributed by atoms with Crippen molar-refractivity contribution in [2.45, 2.75) is 118 Å². The SMILES string of the molecule is COCCCOc1cc(C[C@@H](C[C@H](OC(C)(C)C)[C@H](C(N=C=O)[C@@](C)(O[Si](C)C)C(=O)O)C(C)(C)C)C(C)C)ccc1OC. The van der Waals surface area contributed by atoms with E-state index in [-0.39, 0.29) is 11.8 Å². The molecule has 1 unspecified atom stereocenters. The number of isocyanates is 1. The van der Waals surface area contributed by atoms with Gasteiger partial charge in [0.2, 0.25) is 15.1 Å². The molecule has 0 heterocycles. The van der Waals surface area contributed by atoms with E-state index in [9.17, 15) is 14.7 Å². The summed E-state index contributed by atoms with van der Waals surface area (Å²) in [5.41, 5.74) is -1.68. The predicted octanol–water partition coefficient (Wildman–Crippen LogP) is 6.98. The number of benzene rings is 1. The Balaban J connectivity index is 3.66. The third-order valence-corrected chi connectivity index (χ3v) is 8.63. The molecule has 1 radical (unpaired) electrons. The molecule has 251 valence electrons. The maximum absolute atomic E-state index is 12.8. The zero-order chi connectivity index (χ0) is 33.9. The lowest BCUT2D eigenvalue weighted by Crippen LogP contribution is -2.59. The summed E-state index contributed by atoms with van der Waals surface area (Å²) in [6.45, 7) is 22.9. The van der Waals surface area contributed by atoms with E-state index in [2.05, 4.69) is 24.9 Å². The van der Waals surface area contributed by atoms with Gasteiger partial charge < -0.3 is 28.5 Å². The molecule has 1 rings (SSSR count). The average molecular weight is 637 g/mol. The number of hydrogen-bond acceptors (Lipinski definition) is 8. The van der Waals surface area contributed by atoms with Crippen LogP contribution in [0.3, 0.4) is 0 Å². The standard InChI is InChI=1S/C34H58NO8Si/c1-23(2)25(19-24-15-16-26(40-11)27(20-24)41-18-14-17-39-10)21-28(42-33(6,7)8)29(32(3,4)5)30(35-22-36)34(9,31(37)38)43-44(12)13/h15-16,20,23,25,28-30H,14,17-19,21H2,1-13H3,(H,37,38)/t25-,28-,29+,30?,34+/m0/s1. The van der Waals surface area contributed by atoms with Crippen molar-refractivity contribution in [3.05, 3.63) is 23.8 Å². The Morgan fingerprint density at radius 1 is 1.02 bits per heavy atom. The van der Waals surface area contributed by atoms with Gasteiger partial charge in [0.15, 0.2) is 17.1 Å². The number of ether oxygens (including phenoxy) is 4. The largest absolute Gasteiger partial charge is 0.493 e. The summed E-state index contributed by atoms with van der Waals surface area (Å²) in [4.78, 5) is 28.9. The number of carboxylic acid groups (broad SMARTS) is 1. The van der Waals surface area contributed by atoms with Crippen LogP contribution in [0, 0.1) is 23.2 Å². The lowest BCUT2D eigenvalue weighted by molar-refractivity contribution is -0.166. The Morgan fingerprint density at radius 2 is 1.66 bits per heavy atom. The molecule has 0 saturated heterocycles. The third kappa shape index (κ3) is 12.3. The molecular weight excluding hydrogens is 578 g/mol. The highest BCUT2D eigenvalue weighted by Crippen LogP contribution is 2.44. The van der Waals surface area contributed by atoms with Crippen LogP contribution >= 0.6 is 0 Å². The van der Waals surface area contributed by atoms with Gasteiger partial charge >= 0.3 is 5.97 Å². The van der Waals surface area contributed by atoms with Gasteiger partial charge in [-0.15, -0.1) is 0 Å². The summed E-state index contributed by atoms with van der Waals surface area (Å²) in [5.74, 6) is 0.132. The second kappa shape index (κ2) is 17.5. The first-order valence-electron chi connectivity index (χ1n) is 15.6. The summed E-state index contributed by atoms with van der Waals surface area (Å²) in [6.07, 6.45) is 3.36. The quantitative estimate of drug-likeness (QED) is 0.0749. The summed E-state index contributed by atoms with van der Waals surface area (Å²) in [7, 11) is 1.82. The number of methoxy groups -OCH3 is 2. The average Bonchev–Trinajstić information content (AvgIpc) is 2.88. The normalized spacial score (nSPS) is 16.5. The van der Waals surface area contributed by atoms with E-state index in [0.29, 0.717) is 31.1 Å². The number of aliphatic imine (C=N–C) groups is 1. The fourth-order valence-corrected chi connectivity index (χ4v) is 6.81. The van der Waals surface area contributed by atoms with Gasteiger partial charge in [-0.05, 0) is 88.6 Å². The highest BCUT2D eigenvalue weighted by Gasteiger charge is 2.54. The molecule has 0 bridgehead atoms. The van der Waals surface area contributed by atoms with Gasteiger partial charge in [0, 0.05) is 26.1 Å². The Hall–Kier alpha value is -2.23. The van der Waals surface area contributed by atoms with E-state index >= 15 is 0 Å². The first-order valence-corrected chi connectivity index (χ1v) is 18.0. The van der Waals surface area contributed by atoms with Crippen LogP contribution in [0.1, 0.15) is 80.7 Å². The number of nitrogens with zero attached hydrogens (tertiary/aromatic N) is 1. The second-order valence-corrected chi connectivity index (χ2v) is 16.4. The van der Waals surface area contributed by atoms with Crippen molar-refractivity contribution < 1.29 is 38.1 Å². The van der Waals surface area contributed by atoms with Crippen LogP contribution in [0.2, 0.25) is 13.1 Å². The maximum atomic E-state index is 12.8. The van der Waals surface area contributed by atoms with Gasteiger partial charge in [-0.3, -0.25) is 0 Å². The number of rotatable bonds is 19. The molecule has 0 spiro atoms. The van der Waals surface area contributed by atoms with E-state index in [1.807, 2.05) is 66.8 Å². The van der Waals surface area contributed by atoms with Gasteiger partial charge in [0.05, 0.1) is 25.4 Å². The van der Waals surface area contributed by atoms with E-state index in [4.69, 9.17) is 23.4 Å². The molecule has 0 saturated carbocycles. The highest BCUT2D eigenvalue weighted by molar-refractivity contribution is 6.48. The molecule has 0 aliphatic rings. The lowest BCUT2D eigenvalue weighted by Gasteiger charge is -2.48. The van der Waals surface area contributed by atoms with Crippen molar-refractivity contribution >= 4 is 21.1 Å². The molecule has 1 aromatic carbocycles. The number of aliphatic carboxylic acids is 1. The third-order valence-electron chi connectivity index (χ3n) is 7.80. The fraction of sp³-hybridized carbons (Fsp3) is 0.765. The van der Waals surface area contributed by atoms with Crippen molar-refractivity contribution in [1.82, 2.24) is 0 Å². The molecule has 5 atom stereocenters. The van der Waals surface area contributed by atoms with Gasteiger partial charge in [-0.1, -0.05) is 40.7 Å². The Morgan fingerprint density at radius 3 is 2.11 bits per heavy atom. The van der Waals surface area contributed by atoms with E-state index in [1.165, 1.54) is 6.92 Å². The Labute approximate surface area is 267 Å². The zero-order valence-electron chi connectivity index (χ0n) is 29.4. The van der Waals surface area contributed by atoms with E-state index < -0.39 is 49.7 Å². The number of carbonyl (C=O) groups is 1. The molecule has 0 aliphatic heterocycles. The molecule has 44 heavy (non-hydrogen) atoms. The minimum atomic E-state index is -1.73. The molecule has 9 nitrogen and oxygen atoms in total. The molecule has 10 heteroatoms. The van der Waals surface area contributed by atoms with Gasteiger partial charge in [-0.2, -0.15) is 4.99 Å². The molecule has 0 fully saturated rings. The van der Waals surface area contributed by atoms with Crippen molar-refractivity contribution in [3.8, 4) is 11.5 Å². The van der Waals surface area contributed by atoms with Gasteiger partial charge in [-0.25, -0.2) is 9.59 Å². The van der Waals surface area contributed by atoms with Crippen molar-refractivity contribution in [2.75, 3.05) is 27.4 Å². The topological polar surface area (TPSA) is 113 Å². The van der Waals surface area contributed by atoms with Crippen LogP contribution < -0.4 is 9.47 Å². The molecule has 1 N–H and O–H groups in total. The van der Waals surface area contributed by atoms with E-state index in [0.717, 1.165) is 18.4 Å². The molecule has 0 amide bonds. The highest BCUT2D eigenvalue weighted by atomic mass is 28.3. The van der Waals surface area contributed by atoms with Crippen molar-refractivity contribution in [2.24, 2.45) is 28.2 Å². The number of carboxylic acids is 1. The summed E-state index contributed by atoms with van der Waals surface area (Å²) >= 11 is 0. The first kappa shape index (κ1) is 39.8. The maximum Gasteiger partial charge on any atom is 0.336 e. The van der Waals surface area contributed by atoms with Crippen LogP contribution in [0.4, 0.5) is 0 Å². The van der Waals surface area contributed by atoms with Crippen LogP contribution in [-0.4, -0.2) is 77.0 Å². The molecule has 1 aromatic rings. The summed E-state index contributed by atoms with van der Waals surface area (Å²) in [6, 6.07) is 4.99. The summed E-state index contributed by atoms with van der Waals surface area (Å²) < 4.78 is 29.7. The Kier molecular flexibility index (Phi) is 15.8. The van der Waals surface area contributed by atoms with Crippen molar-refractivity contribution in [1.29, 1.82) is 0 Å². The second-order valence-electron chi connectivity index (χ2n) is 14.4. The minimum Gasteiger partial charge on any atom is -0.493 e. The predicted molar refractivity (Wildman–Crippen MR) is 176 cm³/mol. The number of hydrogen-bond donors (Lipinski definition) is 1. The van der Waals surface area contributed by atoms with E-state index in [1.54, 1.807) is 20.3 Å². The monoisotopic (exact) mass is 636 g/mol. The van der Waals surface area contributed by atoms with Crippen LogP contribution in [0.15, 0.2) is 23.2 Å². The van der Waals surface area contributed by atoms with Crippen LogP contribution in [-0.2, 0) is 29.9 Å².